The van der Waals surface area contributed by atoms with Gasteiger partial charge in [-0.25, -0.2) is 0 Å². The molecular weight excluding hydrogens is 336 g/mol. The van der Waals surface area contributed by atoms with Crippen LogP contribution in [0.15, 0.2) is 72.8 Å². The van der Waals surface area contributed by atoms with Crippen LogP contribution in [0, 0.1) is 12.8 Å². The van der Waals surface area contributed by atoms with Crippen molar-refractivity contribution in [3.8, 4) is 5.75 Å². The molecule has 2 unspecified atom stereocenters. The van der Waals surface area contributed by atoms with Gasteiger partial charge in [0.05, 0.1) is 11.5 Å². The number of carbonyl (C=O) groups excluding carboxylic acids is 2. The normalized spacial score (nSPS) is 18.8. The zero-order valence-electron chi connectivity index (χ0n) is 15.1. The monoisotopic (exact) mass is 356 g/mol. The molecule has 3 aromatic rings. The first-order chi connectivity index (χ1) is 13.1. The first-order valence-electron chi connectivity index (χ1n) is 9.07. The quantitative estimate of drug-likeness (QED) is 0.691. The van der Waals surface area contributed by atoms with Crippen LogP contribution < -0.4 is 0 Å². The molecule has 0 fully saturated rings. The fourth-order valence-electron chi connectivity index (χ4n) is 3.93. The molecular formula is C24H20O3. The lowest BCUT2D eigenvalue weighted by Gasteiger charge is -2.31. The highest BCUT2D eigenvalue weighted by Crippen LogP contribution is 2.39. The molecule has 134 valence electrons. The Morgan fingerprint density at radius 3 is 2.33 bits per heavy atom. The van der Waals surface area contributed by atoms with Crippen molar-refractivity contribution in [1.29, 1.82) is 0 Å². The van der Waals surface area contributed by atoms with Crippen LogP contribution in [0.5, 0.6) is 5.75 Å². The molecule has 1 aliphatic carbocycles. The smallest absolute Gasteiger partial charge is 0.171 e. The van der Waals surface area contributed by atoms with Crippen LogP contribution in [0.4, 0.5) is 0 Å². The zero-order chi connectivity index (χ0) is 19.0. The lowest BCUT2D eigenvalue weighted by molar-refractivity contribution is 0.0803. The van der Waals surface area contributed by atoms with Crippen molar-refractivity contribution >= 4 is 11.6 Å². The van der Waals surface area contributed by atoms with Crippen LogP contribution >= 0.6 is 0 Å². The Morgan fingerprint density at radius 2 is 1.59 bits per heavy atom. The van der Waals surface area contributed by atoms with Gasteiger partial charge in [-0.3, -0.25) is 9.59 Å². The Hall–Kier alpha value is -3.20. The van der Waals surface area contributed by atoms with Crippen LogP contribution in [0.3, 0.4) is 0 Å². The number of aryl methyl sites for hydroxylation is 1. The summed E-state index contributed by atoms with van der Waals surface area (Å²) in [5, 5.41) is 10.2. The van der Waals surface area contributed by atoms with E-state index in [9.17, 15) is 14.7 Å². The number of phenols is 1. The van der Waals surface area contributed by atoms with Crippen molar-refractivity contribution < 1.29 is 14.7 Å². The minimum Gasteiger partial charge on any atom is -0.507 e. The molecule has 0 bridgehead atoms. The number of fused-ring (bicyclic) bond motifs is 1. The number of rotatable bonds is 3. The first kappa shape index (κ1) is 17.2. The van der Waals surface area contributed by atoms with Gasteiger partial charge < -0.3 is 5.11 Å². The standard InChI is InChI=1S/C24H20O3/c1-15-10-12-16(13-11-15)22-20(23(26)19-8-4-5-9-21(19)25)14-17-6-2-3-7-18(17)24(22)27/h2-13,20,22,25H,14H2,1H3. The van der Waals surface area contributed by atoms with E-state index in [1.165, 1.54) is 6.07 Å². The van der Waals surface area contributed by atoms with Gasteiger partial charge in [0.15, 0.2) is 11.6 Å². The molecule has 1 N–H and O–H groups in total. The minimum atomic E-state index is -0.549. The SMILES string of the molecule is Cc1ccc(C2C(=O)c3ccccc3CC2C(=O)c2ccccc2O)cc1. The summed E-state index contributed by atoms with van der Waals surface area (Å²) in [4.78, 5) is 26.6. The third-order valence-electron chi connectivity index (χ3n) is 5.35. The Bertz CT molecular complexity index is 1020. The molecule has 0 saturated carbocycles. The van der Waals surface area contributed by atoms with Gasteiger partial charge in [-0.2, -0.15) is 0 Å². The summed E-state index contributed by atoms with van der Waals surface area (Å²) in [6, 6.07) is 21.8. The largest absolute Gasteiger partial charge is 0.507 e. The van der Waals surface area contributed by atoms with Crippen molar-refractivity contribution in [1.82, 2.24) is 0 Å². The van der Waals surface area contributed by atoms with Gasteiger partial charge in [0.25, 0.3) is 0 Å². The summed E-state index contributed by atoms with van der Waals surface area (Å²) in [5.41, 5.74) is 3.79. The average Bonchev–Trinajstić information content (AvgIpc) is 2.69. The Kier molecular flexibility index (Phi) is 4.36. The lowest BCUT2D eigenvalue weighted by Crippen LogP contribution is -2.35. The summed E-state index contributed by atoms with van der Waals surface area (Å²) in [6.07, 6.45) is 0.480. The maximum Gasteiger partial charge on any atom is 0.171 e. The van der Waals surface area contributed by atoms with E-state index in [1.54, 1.807) is 18.2 Å². The highest BCUT2D eigenvalue weighted by Gasteiger charge is 2.41. The summed E-state index contributed by atoms with van der Waals surface area (Å²) in [5.74, 6) is -1.36. The summed E-state index contributed by atoms with van der Waals surface area (Å²) < 4.78 is 0. The van der Waals surface area contributed by atoms with Crippen molar-refractivity contribution in [2.75, 3.05) is 0 Å². The maximum atomic E-state index is 13.3. The first-order valence-corrected chi connectivity index (χ1v) is 9.07. The number of carbonyl (C=O) groups is 2. The molecule has 3 aromatic carbocycles. The predicted octanol–water partition coefficient (Wildman–Crippen LogP) is 4.72. The number of hydrogen-bond donors (Lipinski definition) is 1. The molecule has 0 radical (unpaired) electrons. The van der Waals surface area contributed by atoms with E-state index >= 15 is 0 Å². The average molecular weight is 356 g/mol. The second-order valence-electron chi connectivity index (χ2n) is 7.10. The van der Waals surface area contributed by atoms with Gasteiger partial charge in [0.1, 0.15) is 5.75 Å². The Balaban J connectivity index is 1.84. The molecule has 27 heavy (non-hydrogen) atoms. The van der Waals surface area contributed by atoms with Gasteiger partial charge in [-0.05, 0) is 36.6 Å². The highest BCUT2D eigenvalue weighted by atomic mass is 16.3. The molecule has 0 amide bonds. The van der Waals surface area contributed by atoms with Crippen LogP contribution in [-0.4, -0.2) is 16.7 Å². The lowest BCUT2D eigenvalue weighted by atomic mass is 9.69. The van der Waals surface area contributed by atoms with Crippen LogP contribution in [0.25, 0.3) is 0 Å². The molecule has 2 atom stereocenters. The highest BCUT2D eigenvalue weighted by molar-refractivity contribution is 6.10. The number of benzene rings is 3. The maximum absolute atomic E-state index is 13.3. The molecule has 3 heteroatoms. The third kappa shape index (κ3) is 3.06. The third-order valence-corrected chi connectivity index (χ3v) is 5.35. The number of aromatic hydroxyl groups is 1. The van der Waals surface area contributed by atoms with Gasteiger partial charge in [0.2, 0.25) is 0 Å². The van der Waals surface area contributed by atoms with Crippen molar-refractivity contribution in [3.63, 3.8) is 0 Å². The summed E-state index contributed by atoms with van der Waals surface area (Å²) in [7, 11) is 0. The molecule has 0 heterocycles. The number of para-hydroxylation sites is 1. The molecule has 0 spiro atoms. The van der Waals surface area contributed by atoms with Crippen LogP contribution in [-0.2, 0) is 6.42 Å². The van der Waals surface area contributed by atoms with Gasteiger partial charge in [-0.1, -0.05) is 66.2 Å². The second-order valence-corrected chi connectivity index (χ2v) is 7.10. The van der Waals surface area contributed by atoms with E-state index in [4.69, 9.17) is 0 Å². The number of hydrogen-bond acceptors (Lipinski definition) is 3. The van der Waals surface area contributed by atoms with Crippen molar-refractivity contribution in [3.05, 3.63) is 101 Å². The molecule has 4 rings (SSSR count). The van der Waals surface area contributed by atoms with Crippen molar-refractivity contribution in [2.45, 2.75) is 19.3 Å². The zero-order valence-corrected chi connectivity index (χ0v) is 15.1. The Morgan fingerprint density at radius 1 is 0.926 bits per heavy atom. The fraction of sp³-hybridized carbons (Fsp3) is 0.167. The molecule has 0 saturated heterocycles. The van der Waals surface area contributed by atoms with E-state index in [1.807, 2.05) is 55.5 Å². The minimum absolute atomic E-state index is 0.0329. The van der Waals surface area contributed by atoms with E-state index < -0.39 is 11.8 Å². The van der Waals surface area contributed by atoms with Gasteiger partial charge >= 0.3 is 0 Å². The van der Waals surface area contributed by atoms with Crippen molar-refractivity contribution in [2.24, 2.45) is 5.92 Å². The van der Waals surface area contributed by atoms with Crippen LogP contribution in [0.1, 0.15) is 43.3 Å². The molecule has 0 aromatic heterocycles. The molecule has 3 nitrogen and oxygen atoms in total. The van der Waals surface area contributed by atoms with Crippen LogP contribution in [0.2, 0.25) is 0 Å². The number of Topliss-reactive ketones (excluding diaryl/α,β-unsaturated/α-hetero) is 2. The van der Waals surface area contributed by atoms with Gasteiger partial charge in [0, 0.05) is 11.5 Å². The summed E-state index contributed by atoms with van der Waals surface area (Å²) in [6.45, 7) is 1.99. The Labute approximate surface area is 158 Å². The molecule has 1 aliphatic rings. The number of phenolic OH excluding ortho intramolecular Hbond substituents is 1. The fourth-order valence-corrected chi connectivity index (χ4v) is 3.93. The molecule has 0 aliphatic heterocycles. The van der Waals surface area contributed by atoms with E-state index in [2.05, 4.69) is 0 Å². The number of ketones is 2. The van der Waals surface area contributed by atoms with E-state index in [0.29, 0.717) is 12.0 Å². The van der Waals surface area contributed by atoms with Gasteiger partial charge in [-0.15, -0.1) is 0 Å². The predicted molar refractivity (Wildman–Crippen MR) is 104 cm³/mol. The topological polar surface area (TPSA) is 54.4 Å². The van der Waals surface area contributed by atoms with E-state index in [-0.39, 0.29) is 22.9 Å². The second kappa shape index (κ2) is 6.84. The van der Waals surface area contributed by atoms with E-state index in [0.717, 1.165) is 16.7 Å². The summed E-state index contributed by atoms with van der Waals surface area (Å²) >= 11 is 0.